The van der Waals surface area contributed by atoms with Gasteiger partial charge in [0.15, 0.2) is 5.76 Å². The van der Waals surface area contributed by atoms with Crippen molar-refractivity contribution in [2.45, 2.75) is 0 Å². The van der Waals surface area contributed by atoms with Crippen molar-refractivity contribution in [2.24, 2.45) is 16.6 Å². The van der Waals surface area contributed by atoms with Crippen LogP contribution in [0.3, 0.4) is 0 Å². The molecule has 3 rings (SSSR count). The largest absolute Gasteiger partial charge is 0.453 e. The average molecular weight is 333 g/mol. The van der Waals surface area contributed by atoms with E-state index in [1.54, 1.807) is 6.07 Å². The molecule has 5 nitrogen and oxygen atoms in total. The molecule has 25 heavy (non-hydrogen) atoms. The predicted octanol–water partition coefficient (Wildman–Crippen LogP) is 3.81. The minimum absolute atomic E-state index is 0.201. The van der Waals surface area contributed by atoms with Gasteiger partial charge in [0.25, 0.3) is 0 Å². The van der Waals surface area contributed by atoms with Crippen molar-refractivity contribution in [3.63, 3.8) is 0 Å². The van der Waals surface area contributed by atoms with Gasteiger partial charge in [-0.3, -0.25) is 0 Å². The third-order valence-corrected chi connectivity index (χ3v) is 3.81. The summed E-state index contributed by atoms with van der Waals surface area (Å²) < 4.78 is 5.71. The molecule has 0 saturated carbocycles. The van der Waals surface area contributed by atoms with Crippen LogP contribution in [0.15, 0.2) is 76.8 Å². The fourth-order valence-corrected chi connectivity index (χ4v) is 2.48. The summed E-state index contributed by atoms with van der Waals surface area (Å²) in [6, 6.07) is 19.7. The second kappa shape index (κ2) is 6.97. The number of hydrogen-bond donors (Lipinski definition) is 2. The first kappa shape index (κ1) is 16.4. The second-order valence-corrected chi connectivity index (χ2v) is 5.50. The van der Waals surface area contributed by atoms with Crippen LogP contribution in [-0.2, 0) is 4.84 Å². The molecule has 0 aliphatic carbocycles. The second-order valence-electron chi connectivity index (χ2n) is 5.50. The summed E-state index contributed by atoms with van der Waals surface area (Å²) in [7, 11) is 1.44. The number of amidine groups is 1. The van der Waals surface area contributed by atoms with Crippen molar-refractivity contribution in [2.75, 3.05) is 7.11 Å². The number of nitrogens with zero attached hydrogens (tertiary/aromatic N) is 1. The van der Waals surface area contributed by atoms with Gasteiger partial charge in [-0.2, -0.15) is 0 Å². The Balaban J connectivity index is 1.83. The molecule has 0 saturated heterocycles. The summed E-state index contributed by atoms with van der Waals surface area (Å²) in [5, 5.41) is 3.66. The number of hydrogen-bond acceptors (Lipinski definition) is 4. The molecule has 1 aromatic heterocycles. The van der Waals surface area contributed by atoms with Crippen LogP contribution in [0.4, 0.5) is 0 Å². The number of nitrogens with two attached hydrogens (primary N) is 2. The Bertz CT molecular complexity index is 907. The normalized spacial score (nSPS) is 11.3. The Hall–Kier alpha value is -3.47. The number of benzene rings is 2. The first-order valence-electron chi connectivity index (χ1n) is 7.71. The topological polar surface area (TPSA) is 86.8 Å². The number of furan rings is 1. The Morgan fingerprint density at radius 1 is 0.880 bits per heavy atom. The third kappa shape index (κ3) is 3.55. The monoisotopic (exact) mass is 333 g/mol. The maximum atomic E-state index is 5.75. The highest BCUT2D eigenvalue weighted by Crippen LogP contribution is 2.27. The van der Waals surface area contributed by atoms with Crippen LogP contribution in [0.5, 0.6) is 0 Å². The van der Waals surface area contributed by atoms with Crippen LogP contribution in [0.25, 0.3) is 28.1 Å². The van der Waals surface area contributed by atoms with Gasteiger partial charge in [0.05, 0.1) is 0 Å². The van der Waals surface area contributed by atoms with Gasteiger partial charge in [-0.25, -0.2) is 0 Å². The van der Waals surface area contributed by atoms with E-state index in [1.807, 2.05) is 54.6 Å². The molecule has 126 valence electrons. The van der Waals surface area contributed by atoms with Gasteiger partial charge in [-0.15, -0.1) is 0 Å². The molecule has 4 N–H and O–H groups in total. The van der Waals surface area contributed by atoms with Crippen LogP contribution >= 0.6 is 0 Å². The predicted molar refractivity (Wildman–Crippen MR) is 101 cm³/mol. The molecule has 0 radical (unpaired) electrons. The van der Waals surface area contributed by atoms with Crippen LogP contribution in [0.1, 0.15) is 11.3 Å². The van der Waals surface area contributed by atoms with Crippen molar-refractivity contribution < 1.29 is 9.25 Å². The molecule has 3 aromatic rings. The molecule has 0 fully saturated rings. The molecule has 0 aliphatic heterocycles. The van der Waals surface area contributed by atoms with Gasteiger partial charge in [-0.1, -0.05) is 60.3 Å². The lowest BCUT2D eigenvalue weighted by molar-refractivity contribution is 0.212. The van der Waals surface area contributed by atoms with Crippen LogP contribution in [0, 0.1) is 0 Å². The van der Waals surface area contributed by atoms with Gasteiger partial charge >= 0.3 is 0 Å². The quantitative estimate of drug-likeness (QED) is 0.422. The van der Waals surface area contributed by atoms with Gasteiger partial charge in [0.1, 0.15) is 12.9 Å². The Labute approximate surface area is 146 Å². The summed E-state index contributed by atoms with van der Waals surface area (Å²) in [6.07, 6.45) is 0. The molecule has 0 amide bonds. The highest BCUT2D eigenvalue weighted by atomic mass is 16.6. The lowest BCUT2D eigenvalue weighted by Crippen LogP contribution is -2.12. The van der Waals surface area contributed by atoms with Gasteiger partial charge in [0.2, 0.25) is 5.84 Å². The highest BCUT2D eigenvalue weighted by molar-refractivity contribution is 5.95. The molecule has 0 atom stereocenters. The maximum absolute atomic E-state index is 5.75. The third-order valence-electron chi connectivity index (χ3n) is 3.81. The Kier molecular flexibility index (Phi) is 4.57. The smallest absolute Gasteiger partial charge is 0.206 e. The maximum Gasteiger partial charge on any atom is 0.206 e. The van der Waals surface area contributed by atoms with Crippen molar-refractivity contribution in [3.05, 3.63) is 78.6 Å². The molecule has 0 spiro atoms. The van der Waals surface area contributed by atoms with Crippen molar-refractivity contribution >= 4 is 11.5 Å². The molecule has 0 unspecified atom stereocenters. The molecular weight excluding hydrogens is 314 g/mol. The molecule has 2 aromatic carbocycles. The fraction of sp³-hybridized carbons (Fsp3) is 0.0500. The average Bonchev–Trinajstić information content (AvgIpc) is 3.12. The summed E-state index contributed by atoms with van der Waals surface area (Å²) in [5.74, 6) is 1.39. The first-order chi connectivity index (χ1) is 12.1. The molecular formula is C20H19N3O2. The number of rotatable bonds is 5. The molecule has 0 bridgehead atoms. The van der Waals surface area contributed by atoms with Gasteiger partial charge in [-0.05, 0) is 28.8 Å². The molecule has 5 heteroatoms. The van der Waals surface area contributed by atoms with Crippen molar-refractivity contribution in [1.29, 1.82) is 0 Å². The number of oxime groups is 1. The van der Waals surface area contributed by atoms with E-state index < -0.39 is 0 Å². The summed E-state index contributed by atoms with van der Waals surface area (Å²) in [4.78, 5) is 4.65. The summed E-state index contributed by atoms with van der Waals surface area (Å²) in [5.41, 5.74) is 16.1. The summed E-state index contributed by atoms with van der Waals surface area (Å²) >= 11 is 0. The van der Waals surface area contributed by atoms with Crippen molar-refractivity contribution in [1.82, 2.24) is 0 Å². The zero-order valence-corrected chi connectivity index (χ0v) is 13.9. The lowest BCUT2D eigenvalue weighted by Gasteiger charge is -2.05. The van der Waals surface area contributed by atoms with E-state index in [-0.39, 0.29) is 5.84 Å². The van der Waals surface area contributed by atoms with Crippen LogP contribution in [-0.4, -0.2) is 12.9 Å². The Morgan fingerprint density at radius 2 is 1.44 bits per heavy atom. The Morgan fingerprint density at radius 3 is 2.00 bits per heavy atom. The van der Waals surface area contributed by atoms with E-state index in [1.165, 1.54) is 7.11 Å². The van der Waals surface area contributed by atoms with Crippen LogP contribution < -0.4 is 11.5 Å². The highest BCUT2D eigenvalue weighted by Gasteiger charge is 2.09. The minimum atomic E-state index is 0.201. The first-order valence-corrected chi connectivity index (χ1v) is 7.71. The lowest BCUT2D eigenvalue weighted by atomic mass is 10.0. The van der Waals surface area contributed by atoms with Crippen LogP contribution in [0.2, 0.25) is 0 Å². The van der Waals surface area contributed by atoms with E-state index in [0.29, 0.717) is 17.2 Å². The van der Waals surface area contributed by atoms with Crippen molar-refractivity contribution in [3.8, 4) is 22.5 Å². The van der Waals surface area contributed by atoms with E-state index in [9.17, 15) is 0 Å². The van der Waals surface area contributed by atoms with E-state index >= 15 is 0 Å². The molecule has 0 aliphatic rings. The minimum Gasteiger partial charge on any atom is -0.453 e. The van der Waals surface area contributed by atoms with E-state index in [2.05, 4.69) is 16.6 Å². The van der Waals surface area contributed by atoms with E-state index in [0.717, 1.165) is 22.3 Å². The molecule has 1 heterocycles. The zero-order chi connectivity index (χ0) is 17.8. The fourth-order valence-electron chi connectivity index (χ4n) is 2.48. The van der Waals surface area contributed by atoms with Gasteiger partial charge in [0, 0.05) is 11.3 Å². The summed E-state index contributed by atoms with van der Waals surface area (Å²) in [6.45, 7) is 3.74. The zero-order valence-electron chi connectivity index (χ0n) is 13.9. The SMILES string of the molecule is C=C(N)c1ccc(-c2ccc(-c3ccc(/C(N)=N\OC)o3)cc2)cc1. The standard InChI is InChI=1S/C20H19N3O2/c1-13(21)14-3-5-15(6-4-14)16-7-9-17(10-8-16)18-11-12-19(25-18)20(22)23-24-2/h3-12H,1,21H2,2H3,(H2,22,23). The van der Waals surface area contributed by atoms with Gasteiger partial charge < -0.3 is 20.7 Å². The van der Waals surface area contributed by atoms with E-state index in [4.69, 9.17) is 15.9 Å².